The molecule has 114 valence electrons. The SMILES string of the molecule is CC(C)(C)N1CCN(c2ccc([N+](=O)[O-])c(C=O)c2)CC1. The van der Waals surface area contributed by atoms with Gasteiger partial charge in [-0.25, -0.2) is 0 Å². The van der Waals surface area contributed by atoms with Gasteiger partial charge >= 0.3 is 0 Å². The standard InChI is InChI=1S/C15H21N3O3/c1-15(2,3)17-8-6-16(7-9-17)13-4-5-14(18(20)21)12(10-13)11-19/h4-5,10-11H,6-9H2,1-3H3. The summed E-state index contributed by atoms with van der Waals surface area (Å²) in [6.45, 7) is 10.2. The number of nitro groups is 1. The summed E-state index contributed by atoms with van der Waals surface area (Å²) in [7, 11) is 0. The van der Waals surface area contributed by atoms with E-state index in [4.69, 9.17) is 0 Å². The molecule has 0 amide bonds. The first-order valence-corrected chi connectivity index (χ1v) is 7.06. The number of anilines is 1. The molecule has 1 aliphatic heterocycles. The van der Waals surface area contributed by atoms with Crippen molar-refractivity contribution in [3.63, 3.8) is 0 Å². The summed E-state index contributed by atoms with van der Waals surface area (Å²) in [5.74, 6) is 0. The second-order valence-corrected chi connectivity index (χ2v) is 6.26. The number of carbonyl (C=O) groups is 1. The predicted molar refractivity (Wildman–Crippen MR) is 82.0 cm³/mol. The van der Waals surface area contributed by atoms with Crippen molar-refractivity contribution < 1.29 is 9.72 Å². The minimum Gasteiger partial charge on any atom is -0.369 e. The van der Waals surface area contributed by atoms with E-state index in [2.05, 4.69) is 30.6 Å². The molecule has 0 bridgehead atoms. The molecule has 1 aromatic rings. The van der Waals surface area contributed by atoms with Crippen molar-refractivity contribution in [3.05, 3.63) is 33.9 Å². The number of nitrogens with zero attached hydrogens (tertiary/aromatic N) is 3. The zero-order valence-electron chi connectivity index (χ0n) is 12.7. The fourth-order valence-corrected chi connectivity index (χ4v) is 2.63. The number of rotatable bonds is 3. The van der Waals surface area contributed by atoms with E-state index in [1.165, 1.54) is 6.07 Å². The Balaban J connectivity index is 2.14. The molecule has 0 aromatic heterocycles. The van der Waals surface area contributed by atoms with Gasteiger partial charge in [-0.2, -0.15) is 0 Å². The lowest BCUT2D eigenvalue weighted by molar-refractivity contribution is -0.385. The van der Waals surface area contributed by atoms with E-state index in [-0.39, 0.29) is 16.8 Å². The van der Waals surface area contributed by atoms with Crippen molar-refractivity contribution in [3.8, 4) is 0 Å². The summed E-state index contributed by atoms with van der Waals surface area (Å²) >= 11 is 0. The third kappa shape index (κ3) is 3.39. The van der Waals surface area contributed by atoms with Gasteiger partial charge in [0.05, 0.1) is 10.5 Å². The van der Waals surface area contributed by atoms with Crippen molar-refractivity contribution in [1.82, 2.24) is 4.90 Å². The van der Waals surface area contributed by atoms with Crippen molar-refractivity contribution in [2.75, 3.05) is 31.1 Å². The van der Waals surface area contributed by atoms with Crippen molar-refractivity contribution in [2.24, 2.45) is 0 Å². The van der Waals surface area contributed by atoms with Gasteiger partial charge in [0.1, 0.15) is 0 Å². The first kappa shape index (κ1) is 15.4. The predicted octanol–water partition coefficient (Wildman–Crippen LogP) is 2.33. The van der Waals surface area contributed by atoms with Gasteiger partial charge in [0, 0.05) is 43.5 Å². The van der Waals surface area contributed by atoms with Gasteiger partial charge in [-0.15, -0.1) is 0 Å². The Morgan fingerprint density at radius 3 is 2.29 bits per heavy atom. The molecule has 6 heteroatoms. The Hall–Kier alpha value is -1.95. The number of hydrogen-bond donors (Lipinski definition) is 0. The Morgan fingerprint density at radius 1 is 1.19 bits per heavy atom. The maximum absolute atomic E-state index is 11.0. The number of carbonyl (C=O) groups excluding carboxylic acids is 1. The first-order valence-electron chi connectivity index (χ1n) is 7.06. The molecule has 1 heterocycles. The number of benzene rings is 1. The fourth-order valence-electron chi connectivity index (χ4n) is 2.63. The third-order valence-electron chi connectivity index (χ3n) is 3.93. The van der Waals surface area contributed by atoms with Crippen LogP contribution >= 0.6 is 0 Å². The van der Waals surface area contributed by atoms with Gasteiger partial charge in [-0.1, -0.05) is 0 Å². The highest BCUT2D eigenvalue weighted by Crippen LogP contribution is 2.25. The van der Waals surface area contributed by atoms with Gasteiger partial charge in [-0.3, -0.25) is 19.8 Å². The topological polar surface area (TPSA) is 66.7 Å². The second kappa shape index (κ2) is 5.81. The van der Waals surface area contributed by atoms with Crippen LogP contribution in [0.5, 0.6) is 0 Å². The third-order valence-corrected chi connectivity index (χ3v) is 3.93. The summed E-state index contributed by atoms with van der Waals surface area (Å²) in [5.41, 5.74) is 1.02. The van der Waals surface area contributed by atoms with E-state index < -0.39 is 4.92 Å². The molecule has 0 radical (unpaired) electrons. The molecule has 1 aliphatic rings. The van der Waals surface area contributed by atoms with Crippen molar-refractivity contribution in [2.45, 2.75) is 26.3 Å². The molecular weight excluding hydrogens is 270 g/mol. The Kier molecular flexibility index (Phi) is 4.27. The average Bonchev–Trinajstić information content (AvgIpc) is 2.45. The normalized spacial score (nSPS) is 16.8. The summed E-state index contributed by atoms with van der Waals surface area (Å²) in [4.78, 5) is 25.9. The number of hydrogen-bond acceptors (Lipinski definition) is 5. The molecule has 0 spiro atoms. The Bertz CT molecular complexity index is 544. The molecule has 2 rings (SSSR count). The zero-order valence-corrected chi connectivity index (χ0v) is 12.7. The highest BCUT2D eigenvalue weighted by molar-refractivity contribution is 5.83. The summed E-state index contributed by atoms with van der Waals surface area (Å²) in [5, 5.41) is 10.8. The van der Waals surface area contributed by atoms with Gasteiger partial charge in [0.2, 0.25) is 0 Å². The van der Waals surface area contributed by atoms with Crippen LogP contribution in [-0.4, -0.2) is 47.8 Å². The largest absolute Gasteiger partial charge is 0.369 e. The molecule has 6 nitrogen and oxygen atoms in total. The molecular formula is C15H21N3O3. The Labute approximate surface area is 124 Å². The highest BCUT2D eigenvalue weighted by atomic mass is 16.6. The molecule has 21 heavy (non-hydrogen) atoms. The van der Waals surface area contributed by atoms with E-state index >= 15 is 0 Å². The minimum atomic E-state index is -0.523. The van der Waals surface area contributed by atoms with Crippen LogP contribution in [0.25, 0.3) is 0 Å². The molecule has 0 N–H and O–H groups in total. The summed E-state index contributed by atoms with van der Waals surface area (Å²) in [6, 6.07) is 4.74. The average molecular weight is 291 g/mol. The van der Waals surface area contributed by atoms with Crippen LogP contribution in [0, 0.1) is 10.1 Å². The minimum absolute atomic E-state index is 0.135. The van der Waals surface area contributed by atoms with E-state index in [1.54, 1.807) is 12.1 Å². The molecule has 0 saturated carbocycles. The second-order valence-electron chi connectivity index (χ2n) is 6.26. The van der Waals surface area contributed by atoms with E-state index in [1.807, 2.05) is 0 Å². The molecule has 0 unspecified atom stereocenters. The van der Waals surface area contributed by atoms with Crippen LogP contribution in [0.3, 0.4) is 0 Å². The maximum Gasteiger partial charge on any atom is 0.280 e. The Morgan fingerprint density at radius 2 is 1.81 bits per heavy atom. The van der Waals surface area contributed by atoms with Gasteiger partial charge in [-0.05, 0) is 32.9 Å². The molecule has 1 saturated heterocycles. The van der Waals surface area contributed by atoms with Gasteiger partial charge in [0.25, 0.3) is 5.69 Å². The number of piperazine rings is 1. The fraction of sp³-hybridized carbons (Fsp3) is 0.533. The van der Waals surface area contributed by atoms with Crippen LogP contribution in [0.15, 0.2) is 18.2 Å². The van der Waals surface area contributed by atoms with E-state index in [0.29, 0.717) is 6.29 Å². The molecule has 1 fully saturated rings. The highest BCUT2D eigenvalue weighted by Gasteiger charge is 2.26. The lowest BCUT2D eigenvalue weighted by Gasteiger charge is -2.43. The van der Waals surface area contributed by atoms with E-state index in [0.717, 1.165) is 31.9 Å². The van der Waals surface area contributed by atoms with Crippen LogP contribution in [0.4, 0.5) is 11.4 Å². The lowest BCUT2D eigenvalue weighted by Crippen LogP contribution is -2.53. The quantitative estimate of drug-likeness (QED) is 0.486. The summed E-state index contributed by atoms with van der Waals surface area (Å²) in [6.07, 6.45) is 0.549. The van der Waals surface area contributed by atoms with Crippen molar-refractivity contribution >= 4 is 17.7 Å². The number of aldehydes is 1. The first-order chi connectivity index (χ1) is 9.82. The van der Waals surface area contributed by atoms with Crippen molar-refractivity contribution in [1.29, 1.82) is 0 Å². The smallest absolute Gasteiger partial charge is 0.280 e. The monoisotopic (exact) mass is 291 g/mol. The van der Waals surface area contributed by atoms with Crippen LogP contribution in [0.1, 0.15) is 31.1 Å². The van der Waals surface area contributed by atoms with E-state index in [9.17, 15) is 14.9 Å². The van der Waals surface area contributed by atoms with Crippen LogP contribution in [0.2, 0.25) is 0 Å². The molecule has 0 aliphatic carbocycles. The summed E-state index contributed by atoms with van der Waals surface area (Å²) < 4.78 is 0. The van der Waals surface area contributed by atoms with Crippen LogP contribution in [-0.2, 0) is 0 Å². The maximum atomic E-state index is 11.0. The molecule has 1 aromatic carbocycles. The van der Waals surface area contributed by atoms with Gasteiger partial charge in [0.15, 0.2) is 6.29 Å². The van der Waals surface area contributed by atoms with Gasteiger partial charge < -0.3 is 4.90 Å². The zero-order chi connectivity index (χ0) is 15.6. The number of nitro benzene ring substituents is 1. The lowest BCUT2D eigenvalue weighted by atomic mass is 10.0. The molecule has 0 atom stereocenters. The van der Waals surface area contributed by atoms with Crippen LogP contribution < -0.4 is 4.90 Å².